The average molecular weight is 212 g/mol. The Balaban J connectivity index is 2.12. The largest absolute Gasteiger partial charge is 0.396 e. The molecule has 84 valence electrons. The van der Waals surface area contributed by atoms with Crippen molar-refractivity contribution in [3.05, 3.63) is 24.1 Å². The van der Waals surface area contributed by atoms with E-state index in [9.17, 15) is 4.39 Å². The summed E-state index contributed by atoms with van der Waals surface area (Å²) in [7, 11) is 0. The molecule has 0 radical (unpaired) electrons. The molecule has 0 unspecified atom stereocenters. The molecule has 3 nitrogen and oxygen atoms in total. The van der Waals surface area contributed by atoms with Gasteiger partial charge in [0.15, 0.2) is 11.6 Å². The van der Waals surface area contributed by atoms with Crippen LogP contribution in [0.5, 0.6) is 0 Å². The van der Waals surface area contributed by atoms with Crippen molar-refractivity contribution in [2.45, 2.75) is 25.7 Å². The van der Waals surface area contributed by atoms with Crippen LogP contribution in [0.4, 0.5) is 10.2 Å². The van der Waals surface area contributed by atoms with Gasteiger partial charge in [0.05, 0.1) is 0 Å². The Hall–Kier alpha value is -1.16. The van der Waals surface area contributed by atoms with E-state index >= 15 is 0 Å². The number of nitrogens with zero attached hydrogens (tertiary/aromatic N) is 1. The number of anilines is 1. The zero-order valence-electron chi connectivity index (χ0n) is 8.75. The first kappa shape index (κ1) is 11.9. The number of aliphatic hydroxyl groups is 1. The van der Waals surface area contributed by atoms with Gasteiger partial charge in [-0.25, -0.2) is 9.37 Å². The number of halogens is 1. The van der Waals surface area contributed by atoms with E-state index in [1.54, 1.807) is 12.3 Å². The Morgan fingerprint density at radius 2 is 2.07 bits per heavy atom. The molecule has 15 heavy (non-hydrogen) atoms. The number of nitrogens with one attached hydrogen (secondary N) is 1. The molecule has 0 aromatic carbocycles. The number of aromatic nitrogens is 1. The number of hydrogen-bond acceptors (Lipinski definition) is 3. The molecule has 1 rings (SSSR count). The Morgan fingerprint density at radius 1 is 1.27 bits per heavy atom. The number of aliphatic hydroxyl groups excluding tert-OH is 1. The molecular formula is C11H17FN2O. The van der Waals surface area contributed by atoms with Gasteiger partial charge in [-0.1, -0.05) is 12.8 Å². The van der Waals surface area contributed by atoms with Crippen molar-refractivity contribution < 1.29 is 9.50 Å². The second-order valence-corrected chi connectivity index (χ2v) is 3.40. The van der Waals surface area contributed by atoms with Crippen LogP contribution in [0.1, 0.15) is 25.7 Å². The summed E-state index contributed by atoms with van der Waals surface area (Å²) in [6, 6.07) is 2.96. The van der Waals surface area contributed by atoms with Crippen LogP contribution >= 0.6 is 0 Å². The first-order chi connectivity index (χ1) is 7.34. The lowest BCUT2D eigenvalue weighted by atomic mass is 10.2. The SMILES string of the molecule is OCCCCCCNc1ncccc1F. The van der Waals surface area contributed by atoms with Gasteiger partial charge in [-0.2, -0.15) is 0 Å². The quantitative estimate of drug-likeness (QED) is 0.681. The van der Waals surface area contributed by atoms with Crippen LogP contribution < -0.4 is 5.32 Å². The highest BCUT2D eigenvalue weighted by atomic mass is 19.1. The molecule has 1 aromatic heterocycles. The molecule has 0 aliphatic heterocycles. The molecule has 0 saturated carbocycles. The summed E-state index contributed by atoms with van der Waals surface area (Å²) >= 11 is 0. The average Bonchev–Trinajstić information content (AvgIpc) is 2.25. The van der Waals surface area contributed by atoms with E-state index in [4.69, 9.17) is 5.11 Å². The van der Waals surface area contributed by atoms with Gasteiger partial charge in [-0.3, -0.25) is 0 Å². The van der Waals surface area contributed by atoms with Crippen LogP contribution in [-0.2, 0) is 0 Å². The highest BCUT2D eigenvalue weighted by Gasteiger charge is 1.99. The zero-order chi connectivity index (χ0) is 10.9. The van der Waals surface area contributed by atoms with Crippen molar-refractivity contribution in [1.29, 1.82) is 0 Å². The lowest BCUT2D eigenvalue weighted by Gasteiger charge is -2.05. The molecule has 1 aromatic rings. The second kappa shape index (κ2) is 7.17. The van der Waals surface area contributed by atoms with Crippen LogP contribution in [-0.4, -0.2) is 23.2 Å². The second-order valence-electron chi connectivity index (χ2n) is 3.40. The van der Waals surface area contributed by atoms with E-state index in [2.05, 4.69) is 10.3 Å². The maximum Gasteiger partial charge on any atom is 0.165 e. The topological polar surface area (TPSA) is 45.1 Å². The number of pyridine rings is 1. The summed E-state index contributed by atoms with van der Waals surface area (Å²) in [5.41, 5.74) is 0. The lowest BCUT2D eigenvalue weighted by molar-refractivity contribution is 0.283. The first-order valence-electron chi connectivity index (χ1n) is 5.30. The third kappa shape index (κ3) is 4.74. The lowest BCUT2D eigenvalue weighted by Crippen LogP contribution is -2.05. The predicted molar refractivity (Wildman–Crippen MR) is 58.2 cm³/mol. The van der Waals surface area contributed by atoms with Crippen molar-refractivity contribution in [2.24, 2.45) is 0 Å². The molecule has 0 saturated heterocycles. The summed E-state index contributed by atoms with van der Waals surface area (Å²) in [5.74, 6) is 0.00696. The standard InChI is InChI=1S/C11H17FN2O/c12-10-6-5-8-14-11(10)13-7-3-1-2-4-9-15/h5-6,8,15H,1-4,7,9H2,(H,13,14). The molecule has 0 amide bonds. The maximum absolute atomic E-state index is 13.1. The molecular weight excluding hydrogens is 195 g/mol. The fourth-order valence-corrected chi connectivity index (χ4v) is 1.31. The normalized spacial score (nSPS) is 10.3. The molecule has 4 heteroatoms. The van der Waals surface area contributed by atoms with E-state index in [0.29, 0.717) is 5.82 Å². The summed E-state index contributed by atoms with van der Waals surface area (Å²) in [6.45, 7) is 0.974. The van der Waals surface area contributed by atoms with Gasteiger partial charge in [0.25, 0.3) is 0 Å². The van der Waals surface area contributed by atoms with E-state index < -0.39 is 0 Å². The van der Waals surface area contributed by atoms with E-state index in [1.807, 2.05) is 0 Å². The fourth-order valence-electron chi connectivity index (χ4n) is 1.31. The number of rotatable bonds is 7. The zero-order valence-corrected chi connectivity index (χ0v) is 8.75. The van der Waals surface area contributed by atoms with Gasteiger partial charge < -0.3 is 10.4 Å². The Bertz CT molecular complexity index is 281. The third-order valence-corrected chi connectivity index (χ3v) is 2.14. The van der Waals surface area contributed by atoms with Gasteiger partial charge in [0.1, 0.15) is 0 Å². The van der Waals surface area contributed by atoms with Crippen molar-refractivity contribution >= 4 is 5.82 Å². The third-order valence-electron chi connectivity index (χ3n) is 2.14. The highest BCUT2D eigenvalue weighted by Crippen LogP contribution is 2.08. The highest BCUT2D eigenvalue weighted by molar-refractivity contribution is 5.35. The molecule has 0 atom stereocenters. The summed E-state index contributed by atoms with van der Waals surface area (Å²) < 4.78 is 13.1. The van der Waals surface area contributed by atoms with Gasteiger partial charge in [0.2, 0.25) is 0 Å². The minimum absolute atomic E-state index is 0.252. The minimum Gasteiger partial charge on any atom is -0.396 e. The first-order valence-corrected chi connectivity index (χ1v) is 5.30. The maximum atomic E-state index is 13.1. The van der Waals surface area contributed by atoms with Crippen molar-refractivity contribution in [2.75, 3.05) is 18.5 Å². The predicted octanol–water partition coefficient (Wildman–Crippen LogP) is 2.19. The Kier molecular flexibility index (Phi) is 5.70. The smallest absolute Gasteiger partial charge is 0.165 e. The summed E-state index contributed by atoms with van der Waals surface area (Å²) in [4.78, 5) is 3.89. The number of unbranched alkanes of at least 4 members (excludes halogenated alkanes) is 3. The molecule has 1 heterocycles. The van der Waals surface area contributed by atoms with Gasteiger partial charge >= 0.3 is 0 Å². The molecule has 0 aliphatic carbocycles. The van der Waals surface area contributed by atoms with E-state index in [1.165, 1.54) is 6.07 Å². The molecule has 0 bridgehead atoms. The van der Waals surface area contributed by atoms with Crippen LogP contribution in [0.25, 0.3) is 0 Å². The van der Waals surface area contributed by atoms with Crippen LogP contribution in [0, 0.1) is 5.82 Å². The number of hydrogen-bond donors (Lipinski definition) is 2. The minimum atomic E-state index is -0.312. The van der Waals surface area contributed by atoms with Gasteiger partial charge in [-0.05, 0) is 25.0 Å². The van der Waals surface area contributed by atoms with E-state index in [0.717, 1.165) is 32.2 Å². The Morgan fingerprint density at radius 3 is 2.80 bits per heavy atom. The summed E-state index contributed by atoms with van der Waals surface area (Å²) in [5, 5.41) is 11.5. The van der Waals surface area contributed by atoms with Crippen molar-refractivity contribution in [1.82, 2.24) is 4.98 Å². The van der Waals surface area contributed by atoms with Crippen LogP contribution in [0.2, 0.25) is 0 Å². The summed E-state index contributed by atoms with van der Waals surface area (Å²) in [6.07, 6.45) is 5.44. The van der Waals surface area contributed by atoms with Crippen LogP contribution in [0.15, 0.2) is 18.3 Å². The van der Waals surface area contributed by atoms with Crippen molar-refractivity contribution in [3.63, 3.8) is 0 Å². The molecule has 0 aliphatic rings. The van der Waals surface area contributed by atoms with Crippen molar-refractivity contribution in [3.8, 4) is 0 Å². The molecule has 0 fully saturated rings. The Labute approximate surface area is 89.4 Å². The van der Waals surface area contributed by atoms with Gasteiger partial charge in [0, 0.05) is 19.3 Å². The van der Waals surface area contributed by atoms with E-state index in [-0.39, 0.29) is 12.4 Å². The van der Waals surface area contributed by atoms with Gasteiger partial charge in [-0.15, -0.1) is 0 Å². The van der Waals surface area contributed by atoms with Crippen LogP contribution in [0.3, 0.4) is 0 Å². The fraction of sp³-hybridized carbons (Fsp3) is 0.545. The molecule has 2 N–H and O–H groups in total. The molecule has 0 spiro atoms. The monoisotopic (exact) mass is 212 g/mol.